The van der Waals surface area contributed by atoms with E-state index >= 15 is 0 Å². The third-order valence-corrected chi connectivity index (χ3v) is 6.35. The van der Waals surface area contributed by atoms with E-state index < -0.39 is 0 Å². The number of hydrogen-bond donors (Lipinski definition) is 2. The lowest BCUT2D eigenvalue weighted by Crippen LogP contribution is -2.52. The van der Waals surface area contributed by atoms with Gasteiger partial charge in [0.2, 0.25) is 0 Å². The highest BCUT2D eigenvalue weighted by Gasteiger charge is 2.42. The molecule has 0 aromatic rings. The molecule has 2 nitrogen and oxygen atoms in total. The molecule has 0 amide bonds. The van der Waals surface area contributed by atoms with Crippen LogP contribution in [0.15, 0.2) is 0 Å². The minimum atomic E-state index is 0.246. The van der Waals surface area contributed by atoms with Crippen LogP contribution >= 0.6 is 0 Å². The Morgan fingerprint density at radius 2 is 1.65 bits per heavy atom. The summed E-state index contributed by atoms with van der Waals surface area (Å²) in [5.41, 5.74) is 6.97. The fraction of sp³-hybridized carbons (Fsp3) is 1.00. The Balaban J connectivity index is 1.57. The number of rotatable bonds is 6. The summed E-state index contributed by atoms with van der Waals surface area (Å²) < 4.78 is 0. The largest absolute Gasteiger partial charge is 0.329 e. The maximum atomic E-state index is 6.20. The molecule has 0 saturated heterocycles. The van der Waals surface area contributed by atoms with Crippen molar-refractivity contribution in [3.8, 4) is 0 Å². The maximum Gasteiger partial charge on any atom is 0.0304 e. The molecule has 0 spiro atoms. The lowest BCUT2D eigenvalue weighted by atomic mass is 9.83. The fourth-order valence-electron chi connectivity index (χ4n) is 4.29. The molecule has 3 aliphatic carbocycles. The Morgan fingerprint density at radius 1 is 1.00 bits per heavy atom. The van der Waals surface area contributed by atoms with Gasteiger partial charge in [-0.2, -0.15) is 0 Å². The molecule has 3 rings (SSSR count). The summed E-state index contributed by atoms with van der Waals surface area (Å²) >= 11 is 0. The third kappa shape index (κ3) is 3.57. The predicted octanol–water partition coefficient (Wildman–Crippen LogP) is 3.70. The Labute approximate surface area is 125 Å². The predicted molar refractivity (Wildman–Crippen MR) is 85.6 cm³/mol. The normalized spacial score (nSPS) is 34.2. The summed E-state index contributed by atoms with van der Waals surface area (Å²) in [4.78, 5) is 0. The zero-order valence-electron chi connectivity index (χ0n) is 13.6. The Hall–Kier alpha value is -0.0800. The summed E-state index contributed by atoms with van der Waals surface area (Å²) in [6.45, 7) is 6.92. The van der Waals surface area contributed by atoms with Gasteiger partial charge in [0.15, 0.2) is 0 Å². The van der Waals surface area contributed by atoms with Crippen LogP contribution in [0.3, 0.4) is 0 Å². The van der Waals surface area contributed by atoms with Crippen molar-refractivity contribution in [3.05, 3.63) is 0 Å². The van der Waals surface area contributed by atoms with Crippen LogP contribution in [0.1, 0.15) is 71.6 Å². The van der Waals surface area contributed by atoms with Crippen LogP contribution < -0.4 is 11.1 Å². The quantitative estimate of drug-likeness (QED) is 0.727. The molecule has 0 heterocycles. The van der Waals surface area contributed by atoms with Crippen LogP contribution in [-0.2, 0) is 0 Å². The summed E-state index contributed by atoms with van der Waals surface area (Å²) in [7, 11) is 0. The van der Waals surface area contributed by atoms with Crippen LogP contribution in [0, 0.1) is 23.2 Å². The zero-order valence-corrected chi connectivity index (χ0v) is 13.6. The SMILES string of the molecule is CC1(C)CCCC(CN)(NCC(C2CC2)C2CC2)CC1. The first kappa shape index (κ1) is 14.8. The molecule has 0 aromatic carbocycles. The van der Waals surface area contributed by atoms with Gasteiger partial charge in [-0.3, -0.25) is 0 Å². The average Bonchev–Trinajstić information content (AvgIpc) is 3.27. The van der Waals surface area contributed by atoms with Crippen molar-refractivity contribution >= 4 is 0 Å². The molecule has 1 atom stereocenters. The summed E-state index contributed by atoms with van der Waals surface area (Å²) in [6.07, 6.45) is 12.6. The Kier molecular flexibility index (Phi) is 4.16. The van der Waals surface area contributed by atoms with Gasteiger partial charge in [0.25, 0.3) is 0 Å². The van der Waals surface area contributed by atoms with Gasteiger partial charge in [0.05, 0.1) is 0 Å². The van der Waals surface area contributed by atoms with Gasteiger partial charge < -0.3 is 11.1 Å². The maximum absolute atomic E-state index is 6.20. The molecule has 0 aromatic heterocycles. The molecular weight excluding hydrogens is 244 g/mol. The van der Waals surface area contributed by atoms with E-state index in [1.165, 1.54) is 64.3 Å². The van der Waals surface area contributed by atoms with E-state index in [2.05, 4.69) is 19.2 Å². The van der Waals surface area contributed by atoms with Gasteiger partial charge in [-0.25, -0.2) is 0 Å². The molecule has 2 heteroatoms. The highest BCUT2D eigenvalue weighted by atomic mass is 15.0. The molecular formula is C18H34N2. The van der Waals surface area contributed by atoms with Crippen LogP contribution in [-0.4, -0.2) is 18.6 Å². The van der Waals surface area contributed by atoms with Gasteiger partial charge in [-0.1, -0.05) is 20.3 Å². The van der Waals surface area contributed by atoms with Crippen molar-refractivity contribution in [1.29, 1.82) is 0 Å². The van der Waals surface area contributed by atoms with Crippen molar-refractivity contribution in [3.63, 3.8) is 0 Å². The fourth-order valence-corrected chi connectivity index (χ4v) is 4.29. The highest BCUT2D eigenvalue weighted by molar-refractivity contribution is 4.98. The molecule has 0 radical (unpaired) electrons. The third-order valence-electron chi connectivity index (χ3n) is 6.35. The molecule has 3 aliphatic rings. The molecule has 3 fully saturated rings. The molecule has 3 saturated carbocycles. The van der Waals surface area contributed by atoms with Gasteiger partial charge in [-0.05, 0) is 81.1 Å². The minimum Gasteiger partial charge on any atom is -0.329 e. The zero-order chi connectivity index (χ0) is 14.2. The van der Waals surface area contributed by atoms with Gasteiger partial charge >= 0.3 is 0 Å². The molecule has 0 bridgehead atoms. The molecule has 3 N–H and O–H groups in total. The second-order valence-corrected chi connectivity index (χ2v) is 8.72. The Bertz CT molecular complexity index is 318. The van der Waals surface area contributed by atoms with Crippen LogP contribution in [0.4, 0.5) is 0 Å². The second-order valence-electron chi connectivity index (χ2n) is 8.72. The van der Waals surface area contributed by atoms with Crippen LogP contribution in [0.5, 0.6) is 0 Å². The van der Waals surface area contributed by atoms with E-state index in [-0.39, 0.29) is 5.54 Å². The molecule has 1 unspecified atom stereocenters. The monoisotopic (exact) mass is 278 g/mol. The van der Waals surface area contributed by atoms with Gasteiger partial charge in [0, 0.05) is 12.1 Å². The van der Waals surface area contributed by atoms with E-state index in [0.29, 0.717) is 5.41 Å². The Morgan fingerprint density at radius 3 is 2.20 bits per heavy atom. The van der Waals surface area contributed by atoms with E-state index in [1.54, 1.807) is 0 Å². The molecule has 116 valence electrons. The van der Waals surface area contributed by atoms with Gasteiger partial charge in [-0.15, -0.1) is 0 Å². The second kappa shape index (κ2) is 5.61. The number of nitrogens with one attached hydrogen (secondary N) is 1. The highest BCUT2D eigenvalue weighted by Crippen LogP contribution is 2.49. The smallest absolute Gasteiger partial charge is 0.0304 e. The van der Waals surface area contributed by atoms with E-state index in [4.69, 9.17) is 5.73 Å². The number of hydrogen-bond acceptors (Lipinski definition) is 2. The summed E-state index contributed by atoms with van der Waals surface area (Å²) in [5.74, 6) is 3.06. The molecule has 20 heavy (non-hydrogen) atoms. The van der Waals surface area contributed by atoms with E-state index in [0.717, 1.165) is 24.3 Å². The van der Waals surface area contributed by atoms with Crippen LogP contribution in [0.25, 0.3) is 0 Å². The first-order valence-corrected chi connectivity index (χ1v) is 8.99. The lowest BCUT2D eigenvalue weighted by Gasteiger charge is -2.35. The minimum absolute atomic E-state index is 0.246. The topological polar surface area (TPSA) is 38.0 Å². The first-order valence-electron chi connectivity index (χ1n) is 8.99. The van der Waals surface area contributed by atoms with Gasteiger partial charge in [0.1, 0.15) is 0 Å². The van der Waals surface area contributed by atoms with E-state index in [1.807, 2.05) is 0 Å². The summed E-state index contributed by atoms with van der Waals surface area (Å²) in [5, 5.41) is 3.98. The molecule has 0 aliphatic heterocycles. The average molecular weight is 278 g/mol. The van der Waals surface area contributed by atoms with Crippen molar-refractivity contribution in [2.75, 3.05) is 13.1 Å². The van der Waals surface area contributed by atoms with Crippen LogP contribution in [0.2, 0.25) is 0 Å². The first-order chi connectivity index (χ1) is 9.54. The van der Waals surface area contributed by atoms with E-state index in [9.17, 15) is 0 Å². The summed E-state index contributed by atoms with van der Waals surface area (Å²) in [6, 6.07) is 0. The van der Waals surface area contributed by atoms with Crippen molar-refractivity contribution in [2.45, 2.75) is 77.2 Å². The lowest BCUT2D eigenvalue weighted by molar-refractivity contribution is 0.240. The van der Waals surface area contributed by atoms with Crippen molar-refractivity contribution < 1.29 is 0 Å². The van der Waals surface area contributed by atoms with Crippen molar-refractivity contribution in [1.82, 2.24) is 5.32 Å². The number of nitrogens with two attached hydrogens (primary N) is 1. The van der Waals surface area contributed by atoms with Crippen molar-refractivity contribution in [2.24, 2.45) is 28.9 Å². The standard InChI is InChI=1S/C18H34N2/c1-17(2)8-3-9-18(13-19,11-10-17)20-12-16(14-4-5-14)15-6-7-15/h14-16,20H,3-13,19H2,1-2H3.